The molecule has 4 N–H and O–H groups in total. The normalized spacial score (nSPS) is 25.8. The van der Waals surface area contributed by atoms with Gasteiger partial charge in [0.25, 0.3) is 0 Å². The Kier molecular flexibility index (Phi) is 4.73. The molecule has 5 heteroatoms. The second kappa shape index (κ2) is 5.69. The van der Waals surface area contributed by atoms with Gasteiger partial charge in [-0.25, -0.2) is 0 Å². The molecular formula is C13H24N2O3. The number of carboxylic acid groups (broad SMARTS) is 1. The lowest BCUT2D eigenvalue weighted by atomic mass is 9.86. The third kappa shape index (κ3) is 3.70. The fourth-order valence-corrected chi connectivity index (χ4v) is 2.34. The molecule has 0 aliphatic heterocycles. The number of nitrogens with two attached hydrogens (primary N) is 1. The maximum absolute atomic E-state index is 11.8. The number of carboxylic acids is 1. The van der Waals surface area contributed by atoms with E-state index in [2.05, 4.69) is 5.32 Å². The zero-order valence-electron chi connectivity index (χ0n) is 11.4. The number of rotatable bonds is 4. The van der Waals surface area contributed by atoms with Crippen molar-refractivity contribution < 1.29 is 14.7 Å². The molecule has 0 spiro atoms. The number of nitrogens with one attached hydrogen (secondary N) is 1. The summed E-state index contributed by atoms with van der Waals surface area (Å²) >= 11 is 0. The Morgan fingerprint density at radius 1 is 1.39 bits per heavy atom. The Morgan fingerprint density at radius 3 is 2.50 bits per heavy atom. The second-order valence-corrected chi connectivity index (χ2v) is 6.22. The lowest BCUT2D eigenvalue weighted by Gasteiger charge is -2.26. The summed E-state index contributed by atoms with van der Waals surface area (Å²) in [5.41, 5.74) is 5.56. The summed E-state index contributed by atoms with van der Waals surface area (Å²) in [7, 11) is 0. The van der Waals surface area contributed by atoms with Crippen LogP contribution in [-0.4, -0.2) is 29.6 Å². The van der Waals surface area contributed by atoms with Crippen molar-refractivity contribution in [2.24, 2.45) is 23.0 Å². The van der Waals surface area contributed by atoms with Crippen molar-refractivity contribution in [2.45, 2.75) is 46.1 Å². The molecule has 5 nitrogen and oxygen atoms in total. The molecule has 0 heterocycles. The minimum atomic E-state index is -0.758. The van der Waals surface area contributed by atoms with Gasteiger partial charge >= 0.3 is 5.97 Å². The van der Waals surface area contributed by atoms with Gasteiger partial charge in [-0.2, -0.15) is 0 Å². The van der Waals surface area contributed by atoms with Gasteiger partial charge in [-0.3, -0.25) is 9.59 Å². The Hall–Kier alpha value is -1.10. The maximum Gasteiger partial charge on any atom is 0.306 e. The van der Waals surface area contributed by atoms with Crippen molar-refractivity contribution in [1.82, 2.24) is 5.32 Å². The van der Waals surface area contributed by atoms with E-state index in [1.165, 1.54) is 0 Å². The van der Waals surface area contributed by atoms with Crippen molar-refractivity contribution >= 4 is 11.9 Å². The van der Waals surface area contributed by atoms with Gasteiger partial charge in [0.15, 0.2) is 0 Å². The van der Waals surface area contributed by atoms with E-state index < -0.39 is 12.0 Å². The molecule has 1 aliphatic rings. The van der Waals surface area contributed by atoms with Gasteiger partial charge in [-0.05, 0) is 24.2 Å². The molecule has 0 bridgehead atoms. The van der Waals surface area contributed by atoms with E-state index in [0.29, 0.717) is 13.0 Å². The molecule has 1 aliphatic carbocycles. The molecule has 0 aromatic rings. The van der Waals surface area contributed by atoms with Crippen LogP contribution in [0.5, 0.6) is 0 Å². The minimum absolute atomic E-state index is 0.0404. The van der Waals surface area contributed by atoms with Crippen LogP contribution in [0.25, 0.3) is 0 Å². The topological polar surface area (TPSA) is 92.4 Å². The van der Waals surface area contributed by atoms with E-state index in [-0.39, 0.29) is 23.2 Å². The smallest absolute Gasteiger partial charge is 0.306 e. The van der Waals surface area contributed by atoms with Gasteiger partial charge in [0.05, 0.1) is 12.0 Å². The fraction of sp³-hybridized carbons (Fsp3) is 0.846. The molecule has 3 unspecified atom stereocenters. The van der Waals surface area contributed by atoms with E-state index in [1.807, 2.05) is 20.8 Å². The Bertz CT molecular complexity index is 323. The summed E-state index contributed by atoms with van der Waals surface area (Å²) in [4.78, 5) is 22.9. The van der Waals surface area contributed by atoms with Crippen molar-refractivity contribution in [3.05, 3.63) is 0 Å². The molecule has 1 amide bonds. The zero-order chi connectivity index (χ0) is 13.9. The molecule has 0 aromatic heterocycles. The first-order valence-corrected chi connectivity index (χ1v) is 6.49. The molecule has 1 rings (SSSR count). The molecule has 18 heavy (non-hydrogen) atoms. The fourth-order valence-electron chi connectivity index (χ4n) is 2.34. The van der Waals surface area contributed by atoms with E-state index in [1.54, 1.807) is 0 Å². The largest absolute Gasteiger partial charge is 0.481 e. The highest BCUT2D eigenvalue weighted by atomic mass is 16.4. The molecule has 0 saturated heterocycles. The Morgan fingerprint density at radius 2 is 2.00 bits per heavy atom. The summed E-state index contributed by atoms with van der Waals surface area (Å²) in [6.07, 6.45) is 2.49. The maximum atomic E-state index is 11.8. The first kappa shape index (κ1) is 15.0. The van der Waals surface area contributed by atoms with Crippen LogP contribution in [0.3, 0.4) is 0 Å². The van der Waals surface area contributed by atoms with Crippen LogP contribution >= 0.6 is 0 Å². The summed E-state index contributed by atoms with van der Waals surface area (Å²) in [5.74, 6) is -1.24. The quantitative estimate of drug-likeness (QED) is 0.699. The summed E-state index contributed by atoms with van der Waals surface area (Å²) < 4.78 is 0. The number of hydrogen-bond donors (Lipinski definition) is 3. The van der Waals surface area contributed by atoms with Gasteiger partial charge in [0.2, 0.25) is 5.91 Å². The highest BCUT2D eigenvalue weighted by Crippen LogP contribution is 2.31. The first-order chi connectivity index (χ1) is 8.23. The van der Waals surface area contributed by atoms with Crippen molar-refractivity contribution in [3.8, 4) is 0 Å². The van der Waals surface area contributed by atoms with Crippen LogP contribution in [0.2, 0.25) is 0 Å². The predicted octanol–water partition coefficient (Wildman–Crippen LogP) is 0.977. The highest BCUT2D eigenvalue weighted by molar-refractivity contribution is 5.82. The lowest BCUT2D eigenvalue weighted by molar-refractivity contribution is -0.143. The monoisotopic (exact) mass is 256 g/mol. The van der Waals surface area contributed by atoms with Gasteiger partial charge in [0, 0.05) is 6.54 Å². The van der Waals surface area contributed by atoms with Crippen LogP contribution in [0, 0.1) is 17.3 Å². The molecule has 0 radical (unpaired) electrons. The Labute approximate surface area is 108 Å². The van der Waals surface area contributed by atoms with Crippen LogP contribution in [0.4, 0.5) is 0 Å². The standard InChI is InChI=1S/C13H24N2O3/c1-13(2,3)10(14)11(16)15-7-8-5-4-6-9(8)12(17)18/h8-10H,4-7,14H2,1-3H3,(H,15,16)(H,17,18). The van der Waals surface area contributed by atoms with Crippen LogP contribution in [-0.2, 0) is 9.59 Å². The van der Waals surface area contributed by atoms with Gasteiger partial charge in [-0.1, -0.05) is 27.2 Å². The van der Waals surface area contributed by atoms with Gasteiger partial charge in [-0.15, -0.1) is 0 Å². The van der Waals surface area contributed by atoms with Crippen LogP contribution in [0.1, 0.15) is 40.0 Å². The van der Waals surface area contributed by atoms with Crippen molar-refractivity contribution in [2.75, 3.05) is 6.54 Å². The summed E-state index contributed by atoms with van der Waals surface area (Å²) in [6.45, 7) is 6.15. The molecule has 1 fully saturated rings. The molecule has 1 saturated carbocycles. The zero-order valence-corrected chi connectivity index (χ0v) is 11.4. The molecular weight excluding hydrogens is 232 g/mol. The number of carbonyl (C=O) groups excluding carboxylic acids is 1. The SMILES string of the molecule is CC(C)(C)C(N)C(=O)NCC1CCCC1C(=O)O. The van der Waals surface area contributed by atoms with Crippen LogP contribution in [0.15, 0.2) is 0 Å². The molecule has 0 aromatic carbocycles. The number of hydrogen-bond acceptors (Lipinski definition) is 3. The number of carbonyl (C=O) groups is 2. The van der Waals surface area contributed by atoms with E-state index in [0.717, 1.165) is 12.8 Å². The van der Waals surface area contributed by atoms with E-state index >= 15 is 0 Å². The minimum Gasteiger partial charge on any atom is -0.481 e. The Balaban J connectivity index is 2.46. The summed E-state index contributed by atoms with van der Waals surface area (Å²) in [6, 6.07) is -0.567. The number of amides is 1. The van der Waals surface area contributed by atoms with Gasteiger partial charge < -0.3 is 16.2 Å². The van der Waals surface area contributed by atoms with E-state index in [4.69, 9.17) is 10.8 Å². The average Bonchev–Trinajstić information content (AvgIpc) is 2.71. The van der Waals surface area contributed by atoms with E-state index in [9.17, 15) is 9.59 Å². The van der Waals surface area contributed by atoms with Crippen molar-refractivity contribution in [3.63, 3.8) is 0 Å². The number of aliphatic carboxylic acids is 1. The second-order valence-electron chi connectivity index (χ2n) is 6.22. The molecule has 3 atom stereocenters. The predicted molar refractivity (Wildman–Crippen MR) is 68.9 cm³/mol. The first-order valence-electron chi connectivity index (χ1n) is 6.49. The third-order valence-corrected chi connectivity index (χ3v) is 3.73. The highest BCUT2D eigenvalue weighted by Gasteiger charge is 2.34. The molecule has 104 valence electrons. The lowest BCUT2D eigenvalue weighted by Crippen LogP contribution is -2.49. The van der Waals surface area contributed by atoms with Crippen LogP contribution < -0.4 is 11.1 Å². The summed E-state index contributed by atoms with van der Waals surface area (Å²) in [5, 5.41) is 11.8. The van der Waals surface area contributed by atoms with Crippen molar-refractivity contribution in [1.29, 1.82) is 0 Å². The third-order valence-electron chi connectivity index (χ3n) is 3.73. The van der Waals surface area contributed by atoms with Gasteiger partial charge in [0.1, 0.15) is 0 Å². The average molecular weight is 256 g/mol.